The molecule has 0 fully saturated rings. The summed E-state index contributed by atoms with van der Waals surface area (Å²) < 4.78 is 18.5. The predicted octanol–water partition coefficient (Wildman–Crippen LogP) is 4.45. The average molecular weight is 314 g/mol. The van der Waals surface area contributed by atoms with Crippen molar-refractivity contribution in [2.45, 2.75) is 6.04 Å². The predicted molar refractivity (Wildman–Crippen MR) is 80.3 cm³/mol. The largest absolute Gasteiger partial charge is 0.494 e. The van der Waals surface area contributed by atoms with Crippen molar-refractivity contribution < 1.29 is 9.13 Å². The third-order valence-corrected chi connectivity index (χ3v) is 3.81. The third-order valence-electron chi connectivity index (χ3n) is 3.07. The number of ether oxygens (including phenoxy) is 1. The van der Waals surface area contributed by atoms with Gasteiger partial charge < -0.3 is 10.1 Å². The van der Waals surface area contributed by atoms with Crippen molar-refractivity contribution in [3.05, 3.63) is 63.4 Å². The van der Waals surface area contributed by atoms with Gasteiger partial charge in [-0.2, -0.15) is 0 Å². The molecule has 0 aliphatic rings. The first-order valence-corrected chi connectivity index (χ1v) is 6.78. The van der Waals surface area contributed by atoms with E-state index in [0.717, 1.165) is 11.1 Å². The summed E-state index contributed by atoms with van der Waals surface area (Å²) in [6, 6.07) is 10.0. The molecule has 0 aliphatic heterocycles. The van der Waals surface area contributed by atoms with Gasteiger partial charge in [0.2, 0.25) is 0 Å². The Balaban J connectivity index is 2.43. The summed E-state index contributed by atoms with van der Waals surface area (Å²) in [6.45, 7) is 0. The molecule has 1 N–H and O–H groups in total. The van der Waals surface area contributed by atoms with Crippen molar-refractivity contribution in [3.63, 3.8) is 0 Å². The van der Waals surface area contributed by atoms with Gasteiger partial charge in [0.25, 0.3) is 0 Å². The lowest BCUT2D eigenvalue weighted by molar-refractivity contribution is 0.385. The van der Waals surface area contributed by atoms with E-state index in [1.165, 1.54) is 13.2 Å². The molecule has 2 aromatic rings. The number of hydrogen-bond donors (Lipinski definition) is 1. The SMILES string of the molecule is CNC(c1ccc(Cl)c(Cl)c1)c1ccc(F)c(OC)c1. The molecule has 5 heteroatoms. The summed E-state index contributed by atoms with van der Waals surface area (Å²) >= 11 is 12.0. The monoisotopic (exact) mass is 313 g/mol. The Kier molecular flexibility index (Phi) is 4.86. The first-order chi connectivity index (χ1) is 9.56. The first-order valence-electron chi connectivity index (χ1n) is 6.02. The Morgan fingerprint density at radius 1 is 1.05 bits per heavy atom. The minimum Gasteiger partial charge on any atom is -0.494 e. The number of rotatable bonds is 4. The van der Waals surface area contributed by atoms with Crippen LogP contribution in [0.25, 0.3) is 0 Å². The molecule has 0 radical (unpaired) electrons. The van der Waals surface area contributed by atoms with Gasteiger partial charge in [-0.25, -0.2) is 4.39 Å². The van der Waals surface area contributed by atoms with E-state index < -0.39 is 0 Å². The van der Waals surface area contributed by atoms with Crippen LogP contribution in [-0.4, -0.2) is 14.2 Å². The fourth-order valence-corrected chi connectivity index (χ4v) is 2.38. The van der Waals surface area contributed by atoms with Crippen LogP contribution >= 0.6 is 23.2 Å². The molecule has 106 valence electrons. The Morgan fingerprint density at radius 3 is 2.30 bits per heavy atom. The van der Waals surface area contributed by atoms with Crippen molar-refractivity contribution in [2.24, 2.45) is 0 Å². The fraction of sp³-hybridized carbons (Fsp3) is 0.200. The van der Waals surface area contributed by atoms with Crippen molar-refractivity contribution >= 4 is 23.2 Å². The van der Waals surface area contributed by atoms with E-state index in [0.29, 0.717) is 10.0 Å². The maximum absolute atomic E-state index is 13.5. The minimum absolute atomic E-state index is 0.126. The van der Waals surface area contributed by atoms with Gasteiger partial charge in [-0.3, -0.25) is 0 Å². The van der Waals surface area contributed by atoms with E-state index in [1.807, 2.05) is 13.1 Å². The van der Waals surface area contributed by atoms with Crippen LogP contribution in [0.2, 0.25) is 10.0 Å². The van der Waals surface area contributed by atoms with E-state index in [4.69, 9.17) is 27.9 Å². The topological polar surface area (TPSA) is 21.3 Å². The van der Waals surface area contributed by atoms with Crippen LogP contribution in [-0.2, 0) is 0 Å². The molecule has 2 nitrogen and oxygen atoms in total. The number of nitrogens with one attached hydrogen (secondary N) is 1. The Labute approximate surface area is 127 Å². The lowest BCUT2D eigenvalue weighted by Crippen LogP contribution is -2.17. The zero-order chi connectivity index (χ0) is 14.7. The van der Waals surface area contributed by atoms with Crippen LogP contribution in [0.3, 0.4) is 0 Å². The van der Waals surface area contributed by atoms with Gasteiger partial charge in [0.1, 0.15) is 0 Å². The molecule has 0 aliphatic carbocycles. The highest BCUT2D eigenvalue weighted by Gasteiger charge is 2.15. The lowest BCUT2D eigenvalue weighted by atomic mass is 9.98. The number of hydrogen-bond acceptors (Lipinski definition) is 2. The van der Waals surface area contributed by atoms with Crippen molar-refractivity contribution in [1.82, 2.24) is 5.32 Å². The smallest absolute Gasteiger partial charge is 0.165 e. The molecule has 2 rings (SSSR count). The highest BCUT2D eigenvalue weighted by molar-refractivity contribution is 6.42. The molecule has 1 unspecified atom stereocenters. The molecular weight excluding hydrogens is 300 g/mol. The van der Waals surface area contributed by atoms with Crippen LogP contribution < -0.4 is 10.1 Å². The zero-order valence-corrected chi connectivity index (χ0v) is 12.6. The molecule has 0 aromatic heterocycles. The first kappa shape index (κ1) is 15.1. The fourth-order valence-electron chi connectivity index (χ4n) is 2.07. The zero-order valence-electron chi connectivity index (χ0n) is 11.1. The Bertz CT molecular complexity index is 619. The maximum atomic E-state index is 13.5. The molecule has 0 saturated carbocycles. The minimum atomic E-state index is -0.389. The van der Waals surface area contributed by atoms with Crippen molar-refractivity contribution in [2.75, 3.05) is 14.2 Å². The van der Waals surface area contributed by atoms with Gasteiger partial charge in [-0.15, -0.1) is 0 Å². The lowest BCUT2D eigenvalue weighted by Gasteiger charge is -2.18. The summed E-state index contributed by atoms with van der Waals surface area (Å²) in [7, 11) is 3.26. The highest BCUT2D eigenvalue weighted by Crippen LogP contribution is 2.30. The normalized spacial score (nSPS) is 12.2. The van der Waals surface area contributed by atoms with E-state index in [9.17, 15) is 4.39 Å². The molecule has 1 atom stereocenters. The van der Waals surface area contributed by atoms with Crippen LogP contribution in [0.15, 0.2) is 36.4 Å². The highest BCUT2D eigenvalue weighted by atomic mass is 35.5. The number of halogens is 3. The van der Waals surface area contributed by atoms with Crippen molar-refractivity contribution in [3.8, 4) is 5.75 Å². The van der Waals surface area contributed by atoms with E-state index >= 15 is 0 Å². The summed E-state index contributed by atoms with van der Waals surface area (Å²) in [6.07, 6.45) is 0. The average Bonchev–Trinajstić information content (AvgIpc) is 2.45. The molecule has 0 spiro atoms. The summed E-state index contributed by atoms with van der Waals surface area (Å²) in [5, 5.41) is 4.16. The van der Waals surface area contributed by atoms with Gasteiger partial charge in [-0.1, -0.05) is 35.3 Å². The summed E-state index contributed by atoms with van der Waals surface area (Å²) in [5.41, 5.74) is 1.82. The van der Waals surface area contributed by atoms with Crippen LogP contribution in [0.4, 0.5) is 4.39 Å². The maximum Gasteiger partial charge on any atom is 0.165 e. The quantitative estimate of drug-likeness (QED) is 0.900. The molecule has 2 aromatic carbocycles. The van der Waals surface area contributed by atoms with Gasteiger partial charge in [-0.05, 0) is 42.4 Å². The number of methoxy groups -OCH3 is 1. The van der Waals surface area contributed by atoms with E-state index in [2.05, 4.69) is 5.32 Å². The van der Waals surface area contributed by atoms with Crippen molar-refractivity contribution in [1.29, 1.82) is 0 Å². The Morgan fingerprint density at radius 2 is 1.70 bits per heavy atom. The van der Waals surface area contributed by atoms with Gasteiger partial charge in [0.15, 0.2) is 11.6 Å². The second-order valence-electron chi connectivity index (χ2n) is 4.29. The second-order valence-corrected chi connectivity index (χ2v) is 5.10. The molecule has 0 saturated heterocycles. The molecule has 0 bridgehead atoms. The molecule has 0 amide bonds. The van der Waals surface area contributed by atoms with Gasteiger partial charge >= 0.3 is 0 Å². The third kappa shape index (κ3) is 3.06. The van der Waals surface area contributed by atoms with Crippen LogP contribution in [0.1, 0.15) is 17.2 Å². The molecule has 0 heterocycles. The Hall–Kier alpha value is -1.29. The summed E-state index contributed by atoms with van der Waals surface area (Å²) in [4.78, 5) is 0. The van der Waals surface area contributed by atoms with Gasteiger partial charge in [0, 0.05) is 0 Å². The van der Waals surface area contributed by atoms with Crippen LogP contribution in [0.5, 0.6) is 5.75 Å². The van der Waals surface area contributed by atoms with Gasteiger partial charge in [0.05, 0.1) is 23.2 Å². The standard InChI is InChI=1S/C15H14Cl2FNO/c1-19-15(9-3-5-11(16)12(17)7-9)10-4-6-13(18)14(8-10)20-2/h3-8,15,19H,1-2H3. The van der Waals surface area contributed by atoms with E-state index in [1.54, 1.807) is 24.3 Å². The van der Waals surface area contributed by atoms with Crippen LogP contribution in [0, 0.1) is 5.82 Å². The van der Waals surface area contributed by atoms with E-state index in [-0.39, 0.29) is 17.6 Å². The molecular formula is C15H14Cl2FNO. The molecule has 20 heavy (non-hydrogen) atoms. The second kappa shape index (κ2) is 6.44. The summed E-state index contributed by atoms with van der Waals surface area (Å²) in [5.74, 6) is -0.178. The number of benzene rings is 2.